The van der Waals surface area contributed by atoms with E-state index in [1.54, 1.807) is 0 Å². The lowest BCUT2D eigenvalue weighted by Crippen LogP contribution is -2.55. The van der Waals surface area contributed by atoms with E-state index in [4.69, 9.17) is 10.5 Å². The number of alkyl carbamates (subject to hydrolysis) is 1. The number of benzene rings is 2. The van der Waals surface area contributed by atoms with Crippen molar-refractivity contribution >= 4 is 23.8 Å². The number of hydrogen-bond acceptors (Lipinski definition) is 7. The van der Waals surface area contributed by atoms with Crippen LogP contribution in [0.25, 0.3) is 0 Å². The van der Waals surface area contributed by atoms with Crippen molar-refractivity contribution in [1.29, 1.82) is 0 Å². The number of aliphatic hydroxyl groups excluding tert-OH is 1. The number of amides is 4. The molecule has 0 spiro atoms. The fourth-order valence-corrected chi connectivity index (χ4v) is 5.49. The monoisotopic (exact) mass is 609 g/mol. The highest BCUT2D eigenvalue weighted by molar-refractivity contribution is 5.89. The van der Waals surface area contributed by atoms with Crippen LogP contribution >= 0.6 is 0 Å². The molecule has 2 aromatic rings. The molecule has 0 radical (unpaired) electrons. The highest BCUT2D eigenvalue weighted by Gasteiger charge is 2.34. The van der Waals surface area contributed by atoms with Gasteiger partial charge in [-0.25, -0.2) is 4.79 Å². The van der Waals surface area contributed by atoms with Crippen LogP contribution in [0.3, 0.4) is 0 Å². The number of carbonyl (C=O) groups excluding carboxylic acids is 4. The maximum Gasteiger partial charge on any atom is 0.407 e. The molecule has 1 aliphatic heterocycles. The minimum atomic E-state index is -1.16. The number of piperidine rings is 1. The number of aliphatic hydroxyl groups is 1. The van der Waals surface area contributed by atoms with E-state index in [0.29, 0.717) is 25.6 Å². The molecule has 4 atom stereocenters. The molecular formula is C33H47N5O6. The smallest absolute Gasteiger partial charge is 0.407 e. The SMILES string of the molecule is CNC1CCN(C(=O)C(NC(=O)C(Cc2ccccc2)CC(O)C(Cc2ccccc2)NC(=O)OCC(N)=O)C(C)C)CC1. The lowest BCUT2D eigenvalue weighted by molar-refractivity contribution is -0.139. The van der Waals surface area contributed by atoms with E-state index in [2.05, 4.69) is 16.0 Å². The number of nitrogens with one attached hydrogen (secondary N) is 3. The minimum absolute atomic E-state index is 0.000890. The van der Waals surface area contributed by atoms with Crippen LogP contribution in [0.2, 0.25) is 0 Å². The number of nitrogens with two attached hydrogens (primary N) is 1. The normalized spacial score (nSPS) is 16.4. The third-order valence-electron chi connectivity index (χ3n) is 8.08. The molecule has 6 N–H and O–H groups in total. The first-order valence-corrected chi connectivity index (χ1v) is 15.3. The Kier molecular flexibility index (Phi) is 13.6. The summed E-state index contributed by atoms with van der Waals surface area (Å²) >= 11 is 0. The average Bonchev–Trinajstić information content (AvgIpc) is 3.02. The molecule has 1 heterocycles. The summed E-state index contributed by atoms with van der Waals surface area (Å²) in [6.07, 6.45) is 0.206. The Bertz CT molecular complexity index is 1200. The summed E-state index contributed by atoms with van der Waals surface area (Å²) in [4.78, 5) is 52.9. The van der Waals surface area contributed by atoms with Crippen LogP contribution < -0.4 is 21.7 Å². The molecule has 0 aromatic heterocycles. The van der Waals surface area contributed by atoms with E-state index in [0.717, 1.165) is 24.0 Å². The first-order valence-electron chi connectivity index (χ1n) is 15.3. The summed E-state index contributed by atoms with van der Waals surface area (Å²) in [7, 11) is 1.92. The van der Waals surface area contributed by atoms with E-state index in [1.165, 1.54) is 0 Å². The quantitative estimate of drug-likeness (QED) is 0.205. The van der Waals surface area contributed by atoms with Gasteiger partial charge in [0.25, 0.3) is 5.91 Å². The Hall–Kier alpha value is -3.96. The fraction of sp³-hybridized carbons (Fsp3) is 0.515. The van der Waals surface area contributed by atoms with Gasteiger partial charge in [-0.2, -0.15) is 0 Å². The molecule has 2 aromatic carbocycles. The van der Waals surface area contributed by atoms with Crippen LogP contribution in [0.1, 0.15) is 44.2 Å². The predicted octanol–water partition coefficient (Wildman–Crippen LogP) is 1.77. The third kappa shape index (κ3) is 10.9. The Balaban J connectivity index is 1.80. The number of likely N-dealkylation sites (tertiary alicyclic amines) is 1. The molecule has 240 valence electrons. The topological polar surface area (TPSA) is 163 Å². The summed E-state index contributed by atoms with van der Waals surface area (Å²) in [5.41, 5.74) is 6.85. The maximum absolute atomic E-state index is 13.9. The van der Waals surface area contributed by atoms with Crippen molar-refractivity contribution in [3.8, 4) is 0 Å². The van der Waals surface area contributed by atoms with Crippen LogP contribution in [0, 0.1) is 11.8 Å². The molecule has 4 unspecified atom stereocenters. The summed E-state index contributed by atoms with van der Waals surface area (Å²) in [5.74, 6) is -2.12. The second-order valence-electron chi connectivity index (χ2n) is 11.8. The number of ether oxygens (including phenoxy) is 1. The van der Waals surface area contributed by atoms with Gasteiger partial charge in [-0.3, -0.25) is 14.4 Å². The van der Waals surface area contributed by atoms with Crippen LogP contribution in [-0.4, -0.2) is 84.8 Å². The molecule has 0 bridgehead atoms. The van der Waals surface area contributed by atoms with E-state index < -0.39 is 42.7 Å². The van der Waals surface area contributed by atoms with Gasteiger partial charge in [-0.05, 0) is 56.2 Å². The largest absolute Gasteiger partial charge is 0.439 e. The summed E-state index contributed by atoms with van der Waals surface area (Å²) in [6.45, 7) is 4.45. The molecule has 1 fully saturated rings. The highest BCUT2D eigenvalue weighted by Crippen LogP contribution is 2.21. The number of rotatable bonds is 15. The summed E-state index contributed by atoms with van der Waals surface area (Å²) in [6, 6.07) is 17.6. The van der Waals surface area contributed by atoms with Gasteiger partial charge < -0.3 is 36.4 Å². The average molecular weight is 610 g/mol. The second kappa shape index (κ2) is 17.4. The van der Waals surface area contributed by atoms with Crippen molar-refractivity contribution in [2.75, 3.05) is 26.7 Å². The van der Waals surface area contributed by atoms with Gasteiger partial charge in [0.05, 0.1) is 12.1 Å². The van der Waals surface area contributed by atoms with Gasteiger partial charge in [-0.1, -0.05) is 74.5 Å². The molecule has 44 heavy (non-hydrogen) atoms. The van der Waals surface area contributed by atoms with Crippen molar-refractivity contribution in [3.05, 3.63) is 71.8 Å². The van der Waals surface area contributed by atoms with E-state index in [1.807, 2.05) is 86.5 Å². The standard InChI is InChI=1S/C33H47N5O6/c1-22(2)30(32(42)38-16-14-26(35-3)15-17-38)37-31(41)25(18-23-10-6-4-7-11-23)20-28(39)27(19-24-12-8-5-9-13-24)36-33(43)44-21-29(34)40/h4-13,22,25-28,30,35,39H,14-21H2,1-3H3,(H2,34,40)(H,36,43)(H,37,41). The van der Waals surface area contributed by atoms with E-state index in [9.17, 15) is 24.3 Å². The van der Waals surface area contributed by atoms with Gasteiger partial charge in [0.2, 0.25) is 11.8 Å². The minimum Gasteiger partial charge on any atom is -0.439 e. The van der Waals surface area contributed by atoms with Gasteiger partial charge in [0, 0.05) is 25.0 Å². The van der Waals surface area contributed by atoms with Gasteiger partial charge >= 0.3 is 6.09 Å². The number of primary amides is 1. The molecule has 1 saturated heterocycles. The Morgan fingerprint density at radius 2 is 1.50 bits per heavy atom. The van der Waals surface area contributed by atoms with Gasteiger partial charge in [0.1, 0.15) is 6.04 Å². The zero-order chi connectivity index (χ0) is 32.1. The Morgan fingerprint density at radius 3 is 2.02 bits per heavy atom. The highest BCUT2D eigenvalue weighted by atomic mass is 16.6. The van der Waals surface area contributed by atoms with Crippen molar-refractivity contribution in [1.82, 2.24) is 20.9 Å². The summed E-state index contributed by atoms with van der Waals surface area (Å²) in [5, 5.41) is 20.4. The number of carbonyl (C=O) groups is 4. The Morgan fingerprint density at radius 1 is 0.932 bits per heavy atom. The molecular weight excluding hydrogens is 562 g/mol. The second-order valence-corrected chi connectivity index (χ2v) is 11.8. The molecule has 11 heteroatoms. The maximum atomic E-state index is 13.9. The van der Waals surface area contributed by atoms with Gasteiger partial charge in [-0.15, -0.1) is 0 Å². The molecule has 0 saturated carbocycles. The van der Waals surface area contributed by atoms with Crippen molar-refractivity contribution in [2.24, 2.45) is 17.6 Å². The van der Waals surface area contributed by atoms with Crippen LogP contribution in [0.4, 0.5) is 4.79 Å². The van der Waals surface area contributed by atoms with Crippen LogP contribution in [0.15, 0.2) is 60.7 Å². The first kappa shape index (κ1) is 34.5. The first-order chi connectivity index (χ1) is 21.1. The lowest BCUT2D eigenvalue weighted by Gasteiger charge is -2.36. The van der Waals surface area contributed by atoms with Crippen molar-refractivity contribution in [3.63, 3.8) is 0 Å². The molecule has 3 rings (SSSR count). The zero-order valence-electron chi connectivity index (χ0n) is 25.9. The van der Waals surface area contributed by atoms with E-state index >= 15 is 0 Å². The van der Waals surface area contributed by atoms with Gasteiger partial charge in [0.15, 0.2) is 6.61 Å². The molecule has 4 amide bonds. The molecule has 11 nitrogen and oxygen atoms in total. The zero-order valence-corrected chi connectivity index (χ0v) is 25.9. The fourth-order valence-electron chi connectivity index (χ4n) is 5.49. The number of nitrogens with zero attached hydrogens (tertiary/aromatic N) is 1. The lowest BCUT2D eigenvalue weighted by atomic mass is 9.88. The van der Waals surface area contributed by atoms with Crippen molar-refractivity contribution in [2.45, 2.75) is 70.2 Å². The molecule has 1 aliphatic rings. The molecule has 0 aliphatic carbocycles. The van der Waals surface area contributed by atoms with Crippen LogP contribution in [-0.2, 0) is 32.0 Å². The van der Waals surface area contributed by atoms with Crippen molar-refractivity contribution < 1.29 is 29.0 Å². The third-order valence-corrected chi connectivity index (χ3v) is 8.08. The van der Waals surface area contributed by atoms with Crippen LogP contribution in [0.5, 0.6) is 0 Å². The predicted molar refractivity (Wildman–Crippen MR) is 167 cm³/mol. The Labute approximate surface area is 259 Å². The number of hydrogen-bond donors (Lipinski definition) is 5. The summed E-state index contributed by atoms with van der Waals surface area (Å²) < 4.78 is 4.89. The van der Waals surface area contributed by atoms with E-state index in [-0.39, 0.29) is 30.6 Å².